The van der Waals surface area contributed by atoms with Crippen molar-refractivity contribution in [2.24, 2.45) is 0 Å². The van der Waals surface area contributed by atoms with Gasteiger partial charge >= 0.3 is 5.97 Å². The van der Waals surface area contributed by atoms with Gasteiger partial charge in [-0.05, 0) is 66.8 Å². The Kier molecular flexibility index (Phi) is 5.37. The van der Waals surface area contributed by atoms with Crippen molar-refractivity contribution in [1.82, 2.24) is 5.32 Å². The molecular weight excluding hydrogens is 436 g/mol. The zero-order valence-corrected chi connectivity index (χ0v) is 19.1. The molecule has 1 fully saturated rings. The zero-order valence-electron chi connectivity index (χ0n) is 18.3. The maximum Gasteiger partial charge on any atom is 0.335 e. The third-order valence-corrected chi connectivity index (χ3v) is 7.02. The second-order valence-electron chi connectivity index (χ2n) is 9.09. The maximum absolute atomic E-state index is 13.4. The van der Waals surface area contributed by atoms with E-state index in [1.54, 1.807) is 24.3 Å². The lowest BCUT2D eigenvalue weighted by Gasteiger charge is -2.23. The van der Waals surface area contributed by atoms with Crippen LogP contribution in [0.1, 0.15) is 63.2 Å². The summed E-state index contributed by atoms with van der Waals surface area (Å²) in [6, 6.07) is 20.2. The molecule has 1 aliphatic carbocycles. The molecule has 1 aliphatic heterocycles. The van der Waals surface area contributed by atoms with E-state index in [1.165, 1.54) is 5.56 Å². The molecule has 5 rings (SSSR count). The number of amides is 1. The van der Waals surface area contributed by atoms with Gasteiger partial charge in [0.1, 0.15) is 0 Å². The second-order valence-corrected chi connectivity index (χ2v) is 9.53. The van der Waals surface area contributed by atoms with Gasteiger partial charge in [-0.2, -0.15) is 0 Å². The Balaban J connectivity index is 1.41. The first-order valence-electron chi connectivity index (χ1n) is 11.1. The van der Waals surface area contributed by atoms with Crippen LogP contribution >= 0.6 is 11.6 Å². The maximum atomic E-state index is 13.4. The Morgan fingerprint density at radius 2 is 1.82 bits per heavy atom. The normalized spacial score (nSPS) is 16.4. The predicted octanol–water partition coefficient (Wildman–Crippen LogP) is 5.58. The average molecular weight is 461 g/mol. The lowest BCUT2D eigenvalue weighted by atomic mass is 9.96. The van der Waals surface area contributed by atoms with Crippen molar-refractivity contribution in [3.63, 3.8) is 0 Å². The highest BCUT2D eigenvalue weighted by Crippen LogP contribution is 2.57. The van der Waals surface area contributed by atoms with E-state index in [4.69, 9.17) is 16.7 Å². The molecule has 0 aromatic heterocycles. The monoisotopic (exact) mass is 460 g/mol. The van der Waals surface area contributed by atoms with Crippen LogP contribution in [0.4, 0.5) is 5.69 Å². The van der Waals surface area contributed by atoms with E-state index in [0.717, 1.165) is 36.2 Å². The van der Waals surface area contributed by atoms with Crippen molar-refractivity contribution in [3.05, 3.63) is 99.6 Å². The summed E-state index contributed by atoms with van der Waals surface area (Å²) in [7, 11) is 0. The number of nitrogens with one attached hydrogen (secondary N) is 1. The number of carboxylic acids is 1. The van der Waals surface area contributed by atoms with Gasteiger partial charge in [0.25, 0.3) is 5.91 Å². The van der Waals surface area contributed by atoms with Crippen molar-refractivity contribution in [1.29, 1.82) is 0 Å². The number of carboxylic acid groups (broad SMARTS) is 1. The molecule has 5 nitrogen and oxygen atoms in total. The molecule has 33 heavy (non-hydrogen) atoms. The van der Waals surface area contributed by atoms with Crippen LogP contribution < -0.4 is 10.2 Å². The van der Waals surface area contributed by atoms with Crippen LogP contribution in [0.2, 0.25) is 5.02 Å². The van der Waals surface area contributed by atoms with Gasteiger partial charge in [-0.15, -0.1) is 0 Å². The molecule has 168 valence electrons. The first kappa shape index (κ1) is 21.5. The predicted molar refractivity (Wildman–Crippen MR) is 129 cm³/mol. The highest BCUT2D eigenvalue weighted by molar-refractivity contribution is 6.30. The number of nitrogens with zero attached hydrogens (tertiary/aromatic N) is 1. The number of carbonyl (C=O) groups excluding carboxylic acids is 1. The molecule has 3 aromatic rings. The number of rotatable bonds is 6. The van der Waals surface area contributed by atoms with Crippen molar-refractivity contribution < 1.29 is 14.7 Å². The van der Waals surface area contributed by atoms with E-state index in [2.05, 4.69) is 22.3 Å². The van der Waals surface area contributed by atoms with Crippen molar-refractivity contribution >= 4 is 29.2 Å². The molecule has 2 N–H and O–H groups in total. The van der Waals surface area contributed by atoms with Crippen molar-refractivity contribution in [2.45, 2.75) is 37.8 Å². The third-order valence-electron chi connectivity index (χ3n) is 6.78. The van der Waals surface area contributed by atoms with E-state index >= 15 is 0 Å². The third kappa shape index (κ3) is 4.09. The average Bonchev–Trinajstić information content (AvgIpc) is 3.51. The summed E-state index contributed by atoms with van der Waals surface area (Å²) in [5.41, 5.74) is 5.31. The van der Waals surface area contributed by atoms with Gasteiger partial charge in [-0.1, -0.05) is 48.0 Å². The van der Waals surface area contributed by atoms with Gasteiger partial charge in [0.15, 0.2) is 0 Å². The van der Waals surface area contributed by atoms with Crippen LogP contribution in [0.5, 0.6) is 0 Å². The van der Waals surface area contributed by atoms with E-state index in [9.17, 15) is 9.59 Å². The van der Waals surface area contributed by atoms with Gasteiger partial charge in [0, 0.05) is 23.5 Å². The molecular formula is C27H25ClN2O3. The topological polar surface area (TPSA) is 69.6 Å². The molecule has 3 aromatic carbocycles. The fourth-order valence-corrected chi connectivity index (χ4v) is 5.08. The number of para-hydroxylation sites is 1. The Hall–Kier alpha value is -3.31. The van der Waals surface area contributed by atoms with Gasteiger partial charge < -0.3 is 15.3 Å². The number of benzene rings is 3. The summed E-state index contributed by atoms with van der Waals surface area (Å²) < 4.78 is 0. The number of hydrogen-bond donors (Lipinski definition) is 2. The Morgan fingerprint density at radius 3 is 2.48 bits per heavy atom. The molecule has 1 atom stereocenters. The molecule has 1 saturated carbocycles. The van der Waals surface area contributed by atoms with Gasteiger partial charge in [0.05, 0.1) is 22.9 Å². The van der Waals surface area contributed by atoms with Crippen molar-refractivity contribution in [3.8, 4) is 0 Å². The largest absolute Gasteiger partial charge is 0.478 e. The smallest absolute Gasteiger partial charge is 0.335 e. The summed E-state index contributed by atoms with van der Waals surface area (Å²) in [6.07, 6.45) is 2.28. The molecule has 0 saturated heterocycles. The first-order chi connectivity index (χ1) is 15.9. The fourth-order valence-electron chi connectivity index (χ4n) is 4.87. The van der Waals surface area contributed by atoms with Crippen LogP contribution in [0.25, 0.3) is 0 Å². The minimum atomic E-state index is -0.966. The van der Waals surface area contributed by atoms with Crippen LogP contribution in [0.3, 0.4) is 0 Å². The quantitative estimate of drug-likeness (QED) is 0.503. The molecule has 1 spiro atoms. The number of aromatic carboxylic acids is 1. The van der Waals surface area contributed by atoms with Gasteiger partial charge in [-0.25, -0.2) is 4.79 Å². The van der Waals surface area contributed by atoms with Crippen LogP contribution in [0.15, 0.2) is 66.7 Å². The lowest BCUT2D eigenvalue weighted by Crippen LogP contribution is -2.29. The van der Waals surface area contributed by atoms with E-state index in [1.807, 2.05) is 37.3 Å². The SMILES string of the molecule is C[C@H](NC(=O)c1cccc2c1N(Cc1cccc(Cl)c1)CC21CC1)c1ccc(C(=O)O)cc1. The van der Waals surface area contributed by atoms with Crippen LogP contribution in [-0.2, 0) is 12.0 Å². The molecule has 2 aliphatic rings. The molecule has 0 bridgehead atoms. The van der Waals surface area contributed by atoms with E-state index in [-0.39, 0.29) is 22.9 Å². The number of anilines is 1. The Bertz CT molecular complexity index is 1230. The molecule has 1 amide bonds. The summed E-state index contributed by atoms with van der Waals surface area (Å²) in [5, 5.41) is 12.9. The minimum Gasteiger partial charge on any atom is -0.478 e. The van der Waals surface area contributed by atoms with Crippen LogP contribution in [0, 0.1) is 0 Å². The number of fused-ring (bicyclic) bond motifs is 2. The molecule has 1 heterocycles. The second kappa shape index (κ2) is 8.23. The fraction of sp³-hybridized carbons (Fsp3) is 0.259. The molecule has 0 unspecified atom stereocenters. The molecule has 6 heteroatoms. The van der Waals surface area contributed by atoms with Crippen LogP contribution in [-0.4, -0.2) is 23.5 Å². The van der Waals surface area contributed by atoms with E-state index < -0.39 is 5.97 Å². The number of halogens is 1. The summed E-state index contributed by atoms with van der Waals surface area (Å²) in [4.78, 5) is 26.8. The van der Waals surface area contributed by atoms with Gasteiger partial charge in [0.2, 0.25) is 0 Å². The Labute approximate surface area is 198 Å². The zero-order chi connectivity index (χ0) is 23.2. The van der Waals surface area contributed by atoms with Crippen molar-refractivity contribution in [2.75, 3.05) is 11.4 Å². The number of hydrogen-bond acceptors (Lipinski definition) is 3. The standard InChI is InChI=1S/C27H25ClN2O3/c1-17(19-8-10-20(11-9-19)26(32)33)29-25(31)22-6-3-7-23-24(22)30(16-27(23)12-13-27)15-18-4-2-5-21(28)14-18/h2-11,14,17H,12-13,15-16H2,1H3,(H,29,31)(H,32,33)/t17-/m0/s1. The highest BCUT2D eigenvalue weighted by Gasteiger charge is 2.52. The highest BCUT2D eigenvalue weighted by atomic mass is 35.5. The summed E-state index contributed by atoms with van der Waals surface area (Å²) in [6.45, 7) is 3.51. The first-order valence-corrected chi connectivity index (χ1v) is 11.5. The summed E-state index contributed by atoms with van der Waals surface area (Å²) in [5.74, 6) is -1.10. The number of carbonyl (C=O) groups is 2. The Morgan fingerprint density at radius 1 is 1.09 bits per heavy atom. The lowest BCUT2D eigenvalue weighted by molar-refractivity contribution is 0.0696. The van der Waals surface area contributed by atoms with E-state index in [0.29, 0.717) is 17.1 Å². The minimum absolute atomic E-state index is 0.129. The molecule has 0 radical (unpaired) electrons. The summed E-state index contributed by atoms with van der Waals surface area (Å²) >= 11 is 6.21. The van der Waals surface area contributed by atoms with Gasteiger partial charge in [-0.3, -0.25) is 4.79 Å².